The molecule has 1 aromatic rings. The summed E-state index contributed by atoms with van der Waals surface area (Å²) in [4.78, 5) is 12.7. The fourth-order valence-electron chi connectivity index (χ4n) is 1.68. The second-order valence-electron chi connectivity index (χ2n) is 3.27. The highest BCUT2D eigenvalue weighted by Crippen LogP contribution is 2.23. The van der Waals surface area contributed by atoms with Crippen LogP contribution in [0.25, 0.3) is 0 Å². The molecule has 0 aromatic carbocycles. The van der Waals surface area contributed by atoms with E-state index in [1.54, 1.807) is 0 Å². The van der Waals surface area contributed by atoms with Crippen LogP contribution < -0.4 is 0 Å². The number of carbonyl (C=O) groups is 1. The summed E-state index contributed by atoms with van der Waals surface area (Å²) in [7, 11) is 0. The molecule has 0 radical (unpaired) electrons. The summed E-state index contributed by atoms with van der Waals surface area (Å²) in [5.41, 5.74) is 1.68. The fourth-order valence-corrected chi connectivity index (χ4v) is 1.68. The van der Waals surface area contributed by atoms with Crippen LogP contribution in [0.5, 0.6) is 0 Å². The molecule has 0 fully saturated rings. The third kappa shape index (κ3) is 1.38. The van der Waals surface area contributed by atoms with E-state index in [-0.39, 0.29) is 12.3 Å². The number of aliphatic hydroxyl groups is 1. The molecular formula is C8H11N3O3. The van der Waals surface area contributed by atoms with Crippen LogP contribution in [0.15, 0.2) is 0 Å². The van der Waals surface area contributed by atoms with E-state index < -0.39 is 5.97 Å². The van der Waals surface area contributed by atoms with Crippen molar-refractivity contribution >= 4 is 5.97 Å². The third-order valence-corrected chi connectivity index (χ3v) is 2.34. The topological polar surface area (TPSA) is 89.4 Å². The van der Waals surface area contributed by atoms with E-state index in [4.69, 9.17) is 10.2 Å². The van der Waals surface area contributed by atoms with Crippen molar-refractivity contribution in [1.29, 1.82) is 0 Å². The molecular weight excluding hydrogens is 186 g/mol. The Morgan fingerprint density at radius 3 is 3.00 bits per heavy atom. The highest BCUT2D eigenvalue weighted by atomic mass is 16.4. The first-order valence-corrected chi connectivity index (χ1v) is 4.35. The molecule has 2 rings (SSSR count). The minimum Gasteiger partial charge on any atom is -0.476 e. The van der Waals surface area contributed by atoms with E-state index in [1.807, 2.05) is 4.90 Å². The van der Waals surface area contributed by atoms with Crippen molar-refractivity contribution in [2.24, 2.45) is 0 Å². The molecule has 14 heavy (non-hydrogen) atoms. The van der Waals surface area contributed by atoms with Crippen molar-refractivity contribution in [3.05, 3.63) is 17.0 Å². The molecule has 0 spiro atoms. The summed E-state index contributed by atoms with van der Waals surface area (Å²) in [6.07, 6.45) is 0. The van der Waals surface area contributed by atoms with Gasteiger partial charge in [-0.3, -0.25) is 10.00 Å². The lowest BCUT2D eigenvalue weighted by Gasteiger charge is -2.11. The molecule has 1 aliphatic rings. The summed E-state index contributed by atoms with van der Waals surface area (Å²) in [6.45, 7) is 1.83. The summed E-state index contributed by atoms with van der Waals surface area (Å²) in [6, 6.07) is 0. The summed E-state index contributed by atoms with van der Waals surface area (Å²) >= 11 is 0. The monoisotopic (exact) mass is 197 g/mol. The summed E-state index contributed by atoms with van der Waals surface area (Å²) < 4.78 is 0. The van der Waals surface area contributed by atoms with Crippen LogP contribution in [0.1, 0.15) is 21.7 Å². The Morgan fingerprint density at radius 2 is 2.36 bits per heavy atom. The maximum atomic E-state index is 10.7. The molecule has 0 aliphatic carbocycles. The SMILES string of the molecule is O=C(O)c1n[nH]c2c1CN(CCO)C2. The van der Waals surface area contributed by atoms with Crippen LogP contribution in [0.2, 0.25) is 0 Å². The molecule has 6 heteroatoms. The van der Waals surface area contributed by atoms with Gasteiger partial charge in [-0.15, -0.1) is 0 Å². The van der Waals surface area contributed by atoms with Gasteiger partial charge in [-0.1, -0.05) is 0 Å². The van der Waals surface area contributed by atoms with Crippen LogP contribution in [-0.2, 0) is 13.1 Å². The Balaban J connectivity index is 2.19. The third-order valence-electron chi connectivity index (χ3n) is 2.34. The highest BCUT2D eigenvalue weighted by molar-refractivity contribution is 5.87. The number of aromatic carboxylic acids is 1. The van der Waals surface area contributed by atoms with E-state index in [2.05, 4.69) is 10.2 Å². The second kappa shape index (κ2) is 3.39. The smallest absolute Gasteiger partial charge is 0.356 e. The van der Waals surface area contributed by atoms with Gasteiger partial charge in [-0.25, -0.2) is 4.79 Å². The fraction of sp³-hybridized carbons (Fsp3) is 0.500. The molecule has 3 N–H and O–H groups in total. The second-order valence-corrected chi connectivity index (χ2v) is 3.27. The van der Waals surface area contributed by atoms with Crippen molar-refractivity contribution in [2.75, 3.05) is 13.2 Å². The normalized spacial score (nSPS) is 15.8. The summed E-state index contributed by atoms with van der Waals surface area (Å²) in [5.74, 6) is -1.01. The number of aromatic nitrogens is 2. The number of nitrogens with one attached hydrogen (secondary N) is 1. The van der Waals surface area contributed by atoms with Gasteiger partial charge in [0, 0.05) is 25.2 Å². The number of hydrogen-bond acceptors (Lipinski definition) is 4. The number of fused-ring (bicyclic) bond motifs is 1. The van der Waals surface area contributed by atoms with Crippen LogP contribution in [0, 0.1) is 0 Å². The lowest BCUT2D eigenvalue weighted by Crippen LogP contribution is -2.21. The minimum absolute atomic E-state index is 0.0834. The van der Waals surface area contributed by atoms with Gasteiger partial charge < -0.3 is 10.2 Å². The number of hydrogen-bond donors (Lipinski definition) is 3. The predicted octanol–water partition coefficient (Wildman–Crippen LogP) is -0.584. The number of β-amino-alcohol motifs (C(OH)–C–C–N with tert-alkyl or cyclic N) is 1. The zero-order valence-electron chi connectivity index (χ0n) is 7.53. The molecule has 1 aromatic heterocycles. The van der Waals surface area contributed by atoms with Crippen molar-refractivity contribution in [2.45, 2.75) is 13.1 Å². The predicted molar refractivity (Wildman–Crippen MR) is 46.7 cm³/mol. The van der Waals surface area contributed by atoms with Crippen LogP contribution in [0.3, 0.4) is 0 Å². The van der Waals surface area contributed by atoms with Gasteiger partial charge in [0.1, 0.15) is 0 Å². The number of carboxylic acids is 1. The van der Waals surface area contributed by atoms with Gasteiger partial charge in [0.05, 0.1) is 12.3 Å². The molecule has 0 amide bonds. The first-order valence-electron chi connectivity index (χ1n) is 4.35. The average molecular weight is 197 g/mol. The van der Waals surface area contributed by atoms with E-state index in [1.165, 1.54) is 0 Å². The van der Waals surface area contributed by atoms with E-state index >= 15 is 0 Å². The summed E-state index contributed by atoms with van der Waals surface area (Å²) in [5, 5.41) is 24.0. The quantitative estimate of drug-likeness (QED) is 0.603. The maximum Gasteiger partial charge on any atom is 0.356 e. The van der Waals surface area contributed by atoms with Gasteiger partial charge in [0.2, 0.25) is 0 Å². The molecule has 0 saturated carbocycles. The average Bonchev–Trinajstić information content (AvgIpc) is 2.62. The lowest BCUT2D eigenvalue weighted by atomic mass is 10.2. The van der Waals surface area contributed by atoms with Gasteiger partial charge in [0.25, 0.3) is 0 Å². The first-order chi connectivity index (χ1) is 6.72. The van der Waals surface area contributed by atoms with Gasteiger partial charge >= 0.3 is 5.97 Å². The molecule has 0 atom stereocenters. The van der Waals surface area contributed by atoms with E-state index in [0.717, 1.165) is 11.3 Å². The van der Waals surface area contributed by atoms with Gasteiger partial charge in [-0.05, 0) is 0 Å². The Labute approximate surface area is 80.2 Å². The number of aliphatic hydroxyl groups excluding tert-OH is 1. The number of carboxylic acid groups (broad SMARTS) is 1. The van der Waals surface area contributed by atoms with Crippen LogP contribution in [-0.4, -0.2) is 44.4 Å². The zero-order chi connectivity index (χ0) is 10.1. The first kappa shape index (κ1) is 9.17. The van der Waals surface area contributed by atoms with Gasteiger partial charge in [-0.2, -0.15) is 5.10 Å². The molecule has 0 unspecified atom stereocenters. The van der Waals surface area contributed by atoms with E-state index in [9.17, 15) is 4.79 Å². The molecule has 0 saturated heterocycles. The number of rotatable bonds is 3. The molecule has 6 nitrogen and oxygen atoms in total. The minimum atomic E-state index is -1.01. The Hall–Kier alpha value is -1.40. The van der Waals surface area contributed by atoms with Crippen molar-refractivity contribution in [3.8, 4) is 0 Å². The van der Waals surface area contributed by atoms with Crippen LogP contribution >= 0.6 is 0 Å². The molecule has 0 bridgehead atoms. The van der Waals surface area contributed by atoms with Crippen molar-refractivity contribution in [1.82, 2.24) is 15.1 Å². The maximum absolute atomic E-state index is 10.7. The van der Waals surface area contributed by atoms with Gasteiger partial charge in [0.15, 0.2) is 5.69 Å². The number of nitrogens with zero attached hydrogens (tertiary/aromatic N) is 2. The largest absolute Gasteiger partial charge is 0.476 e. The van der Waals surface area contributed by atoms with Crippen molar-refractivity contribution < 1.29 is 15.0 Å². The lowest BCUT2D eigenvalue weighted by molar-refractivity contribution is 0.0688. The Morgan fingerprint density at radius 1 is 1.57 bits per heavy atom. The molecule has 76 valence electrons. The molecule has 1 aliphatic heterocycles. The van der Waals surface area contributed by atoms with E-state index in [0.29, 0.717) is 19.6 Å². The van der Waals surface area contributed by atoms with Crippen molar-refractivity contribution in [3.63, 3.8) is 0 Å². The Kier molecular flexibility index (Phi) is 2.22. The van der Waals surface area contributed by atoms with Crippen LogP contribution in [0.4, 0.5) is 0 Å². The standard InChI is InChI=1S/C8H11N3O3/c12-2-1-11-3-5-6(4-11)9-10-7(5)8(13)14/h12H,1-4H2,(H,9,10)(H,13,14). The number of aromatic amines is 1. The number of H-pyrrole nitrogens is 1. The molecule has 2 heterocycles. The highest BCUT2D eigenvalue weighted by Gasteiger charge is 2.26. The Bertz CT molecular complexity index is 361. The zero-order valence-corrected chi connectivity index (χ0v) is 7.53.